The molecule has 1 fully saturated rings. The van der Waals surface area contributed by atoms with Crippen LogP contribution in [-0.4, -0.2) is 49.9 Å². The Hall–Kier alpha value is -0.620. The van der Waals surface area contributed by atoms with E-state index in [0.29, 0.717) is 25.6 Å². The van der Waals surface area contributed by atoms with Gasteiger partial charge in [0.2, 0.25) is 5.91 Å². The van der Waals surface area contributed by atoms with Gasteiger partial charge in [-0.05, 0) is 20.4 Å². The molecule has 0 saturated carbocycles. The second-order valence-electron chi connectivity index (χ2n) is 4.59. The summed E-state index contributed by atoms with van der Waals surface area (Å²) in [5, 5.41) is 0. The van der Waals surface area contributed by atoms with Gasteiger partial charge in [0.1, 0.15) is 4.75 Å². The van der Waals surface area contributed by atoms with Crippen molar-refractivity contribution in [1.82, 2.24) is 4.90 Å². The van der Waals surface area contributed by atoms with E-state index in [1.165, 1.54) is 13.8 Å². The molecule has 0 aromatic rings. The zero-order chi connectivity index (χ0) is 11.9. The minimum Gasteiger partial charge on any atom is -0.341 e. The molecule has 0 bridgehead atoms. The van der Waals surface area contributed by atoms with E-state index >= 15 is 0 Å². The van der Waals surface area contributed by atoms with Crippen LogP contribution in [0.5, 0.6) is 0 Å². The third-order valence-corrected chi connectivity index (χ3v) is 5.05. The van der Waals surface area contributed by atoms with Crippen LogP contribution in [0.4, 0.5) is 0 Å². The zero-order valence-corrected chi connectivity index (χ0v) is 10.2. The first-order chi connectivity index (χ1) is 6.70. The Labute approximate surface area is 90.5 Å². The molecule has 1 amide bonds. The fourth-order valence-electron chi connectivity index (χ4n) is 1.42. The third kappa shape index (κ3) is 2.15. The molecule has 6 heteroatoms. The molecule has 0 aromatic heterocycles. The highest BCUT2D eigenvalue weighted by Crippen LogP contribution is 2.24. The van der Waals surface area contributed by atoms with Gasteiger partial charge in [-0.15, -0.1) is 0 Å². The predicted molar refractivity (Wildman–Crippen MR) is 58.0 cm³/mol. The van der Waals surface area contributed by atoms with E-state index in [9.17, 15) is 13.2 Å². The summed E-state index contributed by atoms with van der Waals surface area (Å²) >= 11 is 0. The van der Waals surface area contributed by atoms with E-state index in [1.807, 2.05) is 0 Å². The maximum atomic E-state index is 11.9. The average molecular weight is 234 g/mol. The van der Waals surface area contributed by atoms with Crippen LogP contribution in [0.1, 0.15) is 13.8 Å². The van der Waals surface area contributed by atoms with Crippen molar-refractivity contribution in [3.8, 4) is 0 Å². The molecule has 0 aliphatic carbocycles. The van der Waals surface area contributed by atoms with Crippen LogP contribution < -0.4 is 5.73 Å². The Morgan fingerprint density at radius 1 is 1.47 bits per heavy atom. The molecular formula is C9H18N2O3S. The van der Waals surface area contributed by atoms with Crippen molar-refractivity contribution < 1.29 is 13.2 Å². The third-order valence-electron chi connectivity index (χ3n) is 3.02. The lowest BCUT2D eigenvalue weighted by Gasteiger charge is -2.42. The van der Waals surface area contributed by atoms with Crippen LogP contribution in [0.15, 0.2) is 0 Å². The molecular weight excluding hydrogens is 216 g/mol. The van der Waals surface area contributed by atoms with E-state index in [4.69, 9.17) is 5.73 Å². The van der Waals surface area contributed by atoms with Gasteiger partial charge in [0, 0.05) is 25.3 Å². The molecule has 0 atom stereocenters. The van der Waals surface area contributed by atoms with Gasteiger partial charge in [0.15, 0.2) is 9.84 Å². The first kappa shape index (κ1) is 12.4. The number of rotatable bonds is 3. The Morgan fingerprint density at radius 2 is 1.93 bits per heavy atom. The van der Waals surface area contributed by atoms with Crippen LogP contribution in [-0.2, 0) is 14.6 Å². The highest BCUT2D eigenvalue weighted by atomic mass is 32.2. The summed E-state index contributed by atoms with van der Waals surface area (Å²) in [6.07, 6.45) is 1.09. The van der Waals surface area contributed by atoms with E-state index in [1.54, 1.807) is 4.90 Å². The van der Waals surface area contributed by atoms with Crippen molar-refractivity contribution in [2.75, 3.05) is 25.9 Å². The van der Waals surface area contributed by atoms with E-state index in [-0.39, 0.29) is 5.91 Å². The van der Waals surface area contributed by atoms with Gasteiger partial charge in [-0.2, -0.15) is 0 Å². The Kier molecular flexibility index (Phi) is 3.11. The minimum atomic E-state index is -3.37. The molecule has 0 radical (unpaired) electrons. The predicted octanol–water partition coefficient (Wildman–Crippen LogP) is -0.773. The van der Waals surface area contributed by atoms with Crippen LogP contribution in [0.2, 0.25) is 0 Å². The summed E-state index contributed by atoms with van der Waals surface area (Å²) in [5.41, 5.74) is 5.43. The molecule has 1 aliphatic rings. The lowest BCUT2D eigenvalue weighted by atomic mass is 9.98. The summed E-state index contributed by atoms with van der Waals surface area (Å²) in [6.45, 7) is 4.59. The molecule has 2 N–H and O–H groups in total. The summed E-state index contributed by atoms with van der Waals surface area (Å²) in [7, 11) is -3.37. The monoisotopic (exact) mass is 234 g/mol. The molecule has 0 aromatic carbocycles. The van der Waals surface area contributed by atoms with E-state index < -0.39 is 14.6 Å². The minimum absolute atomic E-state index is 0.323. The number of amides is 1. The normalized spacial score (nSPS) is 18.8. The second-order valence-corrected chi connectivity index (χ2v) is 7.16. The van der Waals surface area contributed by atoms with Crippen LogP contribution in [0, 0.1) is 5.92 Å². The number of hydrogen-bond donors (Lipinski definition) is 1. The van der Waals surface area contributed by atoms with Crippen molar-refractivity contribution in [2.24, 2.45) is 11.7 Å². The standard InChI is InChI=1S/C9H18N2O3S/c1-9(2,15(3,13)14)8(12)11-5-7(4-10)6-11/h7H,4-6,10H2,1-3H3. The molecule has 1 saturated heterocycles. The lowest BCUT2D eigenvalue weighted by molar-refractivity contribution is -0.139. The molecule has 1 heterocycles. The van der Waals surface area contributed by atoms with Crippen molar-refractivity contribution in [3.63, 3.8) is 0 Å². The molecule has 88 valence electrons. The number of hydrogen-bond acceptors (Lipinski definition) is 4. The highest BCUT2D eigenvalue weighted by molar-refractivity contribution is 7.92. The fraction of sp³-hybridized carbons (Fsp3) is 0.889. The molecule has 0 spiro atoms. The highest BCUT2D eigenvalue weighted by Gasteiger charge is 2.44. The van der Waals surface area contributed by atoms with E-state index in [2.05, 4.69) is 0 Å². The smallest absolute Gasteiger partial charge is 0.243 e. The largest absolute Gasteiger partial charge is 0.341 e. The SMILES string of the molecule is CC(C)(C(=O)N1CC(CN)C1)S(C)(=O)=O. The van der Waals surface area contributed by atoms with Gasteiger partial charge in [-0.3, -0.25) is 4.79 Å². The molecule has 1 rings (SSSR count). The van der Waals surface area contributed by atoms with Crippen molar-refractivity contribution in [3.05, 3.63) is 0 Å². The first-order valence-corrected chi connectivity index (χ1v) is 6.78. The maximum absolute atomic E-state index is 11.9. The summed E-state index contributed by atoms with van der Waals surface area (Å²) in [5.74, 6) is -0.000916. The van der Waals surface area contributed by atoms with Gasteiger partial charge < -0.3 is 10.6 Å². The van der Waals surface area contributed by atoms with Crippen molar-refractivity contribution in [2.45, 2.75) is 18.6 Å². The Bertz CT molecular complexity index is 356. The van der Waals surface area contributed by atoms with Gasteiger partial charge in [0.25, 0.3) is 0 Å². The number of carbonyl (C=O) groups is 1. The number of carbonyl (C=O) groups excluding carboxylic acids is 1. The second kappa shape index (κ2) is 3.75. The number of sulfone groups is 1. The fourth-order valence-corrected chi connectivity index (χ4v) is 1.87. The maximum Gasteiger partial charge on any atom is 0.243 e. The summed E-state index contributed by atoms with van der Waals surface area (Å²) in [6, 6.07) is 0. The van der Waals surface area contributed by atoms with Crippen LogP contribution in [0.3, 0.4) is 0 Å². The van der Waals surface area contributed by atoms with Crippen LogP contribution >= 0.6 is 0 Å². The van der Waals surface area contributed by atoms with Crippen molar-refractivity contribution in [1.29, 1.82) is 0 Å². The molecule has 1 aliphatic heterocycles. The zero-order valence-electron chi connectivity index (χ0n) is 9.36. The molecule has 0 unspecified atom stereocenters. The van der Waals surface area contributed by atoms with Crippen molar-refractivity contribution >= 4 is 15.7 Å². The Morgan fingerprint density at radius 3 is 2.27 bits per heavy atom. The van der Waals surface area contributed by atoms with Gasteiger partial charge in [-0.1, -0.05) is 0 Å². The van der Waals surface area contributed by atoms with E-state index in [0.717, 1.165) is 6.26 Å². The average Bonchev–Trinajstić information content (AvgIpc) is 1.99. The lowest BCUT2D eigenvalue weighted by Crippen LogP contribution is -2.59. The number of nitrogens with zero attached hydrogens (tertiary/aromatic N) is 1. The summed E-state index contributed by atoms with van der Waals surface area (Å²) < 4.78 is 21.5. The molecule has 15 heavy (non-hydrogen) atoms. The van der Waals surface area contributed by atoms with Gasteiger partial charge >= 0.3 is 0 Å². The van der Waals surface area contributed by atoms with Gasteiger partial charge in [-0.25, -0.2) is 8.42 Å². The number of likely N-dealkylation sites (tertiary alicyclic amines) is 1. The molecule has 5 nitrogen and oxygen atoms in total. The topological polar surface area (TPSA) is 80.5 Å². The first-order valence-electron chi connectivity index (χ1n) is 4.89. The summed E-state index contributed by atoms with van der Waals surface area (Å²) in [4.78, 5) is 13.4. The Balaban J connectivity index is 2.71. The van der Waals surface area contributed by atoms with Gasteiger partial charge in [0.05, 0.1) is 0 Å². The number of nitrogens with two attached hydrogens (primary N) is 1. The quantitative estimate of drug-likeness (QED) is 0.695. The van der Waals surface area contributed by atoms with Crippen LogP contribution in [0.25, 0.3) is 0 Å².